The van der Waals surface area contributed by atoms with Crippen molar-refractivity contribution in [1.29, 1.82) is 0 Å². The molecule has 98 valence electrons. The van der Waals surface area contributed by atoms with E-state index in [9.17, 15) is 0 Å². The minimum Gasteiger partial charge on any atom is -0.379 e. The molecule has 0 fully saturated rings. The molecule has 1 N–H and O–H groups in total. The predicted octanol–water partition coefficient (Wildman–Crippen LogP) is 2.30. The average molecular weight is 234 g/mol. The van der Waals surface area contributed by atoms with E-state index in [0.29, 0.717) is 13.2 Å². The molecule has 0 aromatic carbocycles. The first-order valence-electron chi connectivity index (χ1n) is 6.19. The van der Waals surface area contributed by atoms with Gasteiger partial charge in [-0.3, -0.25) is 0 Å². The second kappa shape index (κ2) is 11.3. The zero-order valence-corrected chi connectivity index (χ0v) is 10.8. The molecular formula is C12H26O4. The third kappa shape index (κ3) is 11.9. The number of aliphatic hydroxyl groups excluding tert-OH is 1. The van der Waals surface area contributed by atoms with Crippen LogP contribution in [0.25, 0.3) is 0 Å². The van der Waals surface area contributed by atoms with E-state index in [1.165, 1.54) is 19.3 Å². The van der Waals surface area contributed by atoms with Crippen molar-refractivity contribution in [3.63, 3.8) is 0 Å². The highest BCUT2D eigenvalue weighted by molar-refractivity contribution is 4.40. The average Bonchev–Trinajstić information content (AvgIpc) is 2.21. The van der Waals surface area contributed by atoms with Crippen LogP contribution in [0.1, 0.15) is 46.5 Å². The molecule has 0 aliphatic carbocycles. The molecule has 2 atom stereocenters. The number of ether oxygens (including phenoxy) is 3. The van der Waals surface area contributed by atoms with Crippen LogP contribution in [-0.2, 0) is 14.2 Å². The molecule has 0 aliphatic rings. The Hall–Kier alpha value is -0.160. The van der Waals surface area contributed by atoms with Crippen LogP contribution in [0.15, 0.2) is 0 Å². The maximum Gasteiger partial charge on any atom is 0.158 e. The summed E-state index contributed by atoms with van der Waals surface area (Å²) in [6.07, 6.45) is 3.71. The molecular weight excluding hydrogens is 208 g/mol. The summed E-state index contributed by atoms with van der Waals surface area (Å²) in [6, 6.07) is 0. The molecule has 0 aromatic heterocycles. The van der Waals surface area contributed by atoms with Gasteiger partial charge in [0.15, 0.2) is 12.6 Å². The Bertz CT molecular complexity index is 139. The Labute approximate surface area is 98.9 Å². The van der Waals surface area contributed by atoms with E-state index in [1.807, 2.05) is 0 Å². The molecule has 16 heavy (non-hydrogen) atoms. The van der Waals surface area contributed by atoms with Crippen LogP contribution in [-0.4, -0.2) is 37.5 Å². The van der Waals surface area contributed by atoms with Crippen LogP contribution in [0.5, 0.6) is 0 Å². The lowest BCUT2D eigenvalue weighted by molar-refractivity contribution is -0.216. The first kappa shape index (κ1) is 15.8. The molecule has 0 saturated carbocycles. The van der Waals surface area contributed by atoms with E-state index in [0.717, 1.165) is 13.0 Å². The molecule has 0 aliphatic heterocycles. The summed E-state index contributed by atoms with van der Waals surface area (Å²) < 4.78 is 15.7. The summed E-state index contributed by atoms with van der Waals surface area (Å²) in [5, 5.41) is 8.91. The number of unbranched alkanes of at least 4 members (excludes halogenated alkanes) is 3. The molecule has 2 unspecified atom stereocenters. The van der Waals surface area contributed by atoms with Gasteiger partial charge in [-0.1, -0.05) is 26.2 Å². The molecule has 4 heteroatoms. The Morgan fingerprint density at radius 3 is 2.38 bits per heavy atom. The van der Waals surface area contributed by atoms with E-state index in [2.05, 4.69) is 6.92 Å². The number of hydrogen-bond donors (Lipinski definition) is 1. The molecule has 0 rings (SSSR count). The molecule has 0 saturated heterocycles. The lowest BCUT2D eigenvalue weighted by Gasteiger charge is -2.15. The van der Waals surface area contributed by atoms with Gasteiger partial charge in [-0.2, -0.15) is 0 Å². The van der Waals surface area contributed by atoms with Crippen molar-refractivity contribution >= 4 is 0 Å². The van der Waals surface area contributed by atoms with Gasteiger partial charge in [0, 0.05) is 6.61 Å². The van der Waals surface area contributed by atoms with Crippen molar-refractivity contribution in [2.75, 3.05) is 19.8 Å². The van der Waals surface area contributed by atoms with Crippen LogP contribution in [0, 0.1) is 0 Å². The van der Waals surface area contributed by atoms with Crippen molar-refractivity contribution in [2.45, 2.75) is 59.0 Å². The van der Waals surface area contributed by atoms with Gasteiger partial charge in [0.2, 0.25) is 0 Å². The molecule has 0 amide bonds. The topological polar surface area (TPSA) is 47.9 Å². The summed E-state index contributed by atoms with van der Waals surface area (Å²) in [4.78, 5) is 0. The van der Waals surface area contributed by atoms with Gasteiger partial charge in [-0.05, 0) is 20.3 Å². The minimum absolute atomic E-state index is 0.385. The maximum absolute atomic E-state index is 8.91. The van der Waals surface area contributed by atoms with Crippen molar-refractivity contribution in [3.05, 3.63) is 0 Å². The zero-order valence-electron chi connectivity index (χ0n) is 10.8. The quantitative estimate of drug-likeness (QED) is 0.440. The van der Waals surface area contributed by atoms with Gasteiger partial charge in [-0.25, -0.2) is 0 Å². The summed E-state index contributed by atoms with van der Waals surface area (Å²) >= 11 is 0. The molecule has 0 spiro atoms. The monoisotopic (exact) mass is 234 g/mol. The standard InChI is InChI=1S/C12H26O4/c1-4-5-6-7-8-14-9-10-15-12(3)16-11(2)13/h11-13H,4-10H2,1-3H3. The van der Waals surface area contributed by atoms with Gasteiger partial charge in [0.1, 0.15) is 0 Å². The second-order valence-electron chi connectivity index (χ2n) is 3.85. The smallest absolute Gasteiger partial charge is 0.158 e. The lowest BCUT2D eigenvalue weighted by Crippen LogP contribution is -2.21. The highest BCUT2D eigenvalue weighted by Gasteiger charge is 2.04. The number of rotatable bonds is 11. The normalized spacial score (nSPS) is 15.0. The lowest BCUT2D eigenvalue weighted by atomic mass is 10.2. The van der Waals surface area contributed by atoms with Gasteiger partial charge in [0.25, 0.3) is 0 Å². The first-order chi connectivity index (χ1) is 7.66. The van der Waals surface area contributed by atoms with Gasteiger partial charge in [-0.15, -0.1) is 0 Å². The Balaban J connectivity index is 3.08. The van der Waals surface area contributed by atoms with Crippen LogP contribution in [0.2, 0.25) is 0 Å². The summed E-state index contributed by atoms with van der Waals surface area (Å²) in [7, 11) is 0. The molecule has 0 heterocycles. The van der Waals surface area contributed by atoms with E-state index in [1.54, 1.807) is 13.8 Å². The highest BCUT2D eigenvalue weighted by Crippen LogP contribution is 2.00. The Morgan fingerprint density at radius 1 is 1.00 bits per heavy atom. The third-order valence-corrected chi connectivity index (χ3v) is 2.11. The molecule has 4 nitrogen and oxygen atoms in total. The van der Waals surface area contributed by atoms with Crippen LogP contribution < -0.4 is 0 Å². The third-order valence-electron chi connectivity index (χ3n) is 2.11. The largest absolute Gasteiger partial charge is 0.379 e. The fraction of sp³-hybridized carbons (Fsp3) is 1.00. The van der Waals surface area contributed by atoms with E-state index in [-0.39, 0.29) is 6.29 Å². The Kier molecular flexibility index (Phi) is 11.2. The molecule has 0 radical (unpaired) electrons. The van der Waals surface area contributed by atoms with Crippen molar-refractivity contribution < 1.29 is 19.3 Å². The number of aliphatic hydroxyl groups is 1. The van der Waals surface area contributed by atoms with E-state index < -0.39 is 6.29 Å². The summed E-state index contributed by atoms with van der Waals surface area (Å²) in [5.74, 6) is 0. The van der Waals surface area contributed by atoms with Crippen molar-refractivity contribution in [3.8, 4) is 0 Å². The minimum atomic E-state index is -0.787. The Morgan fingerprint density at radius 2 is 1.75 bits per heavy atom. The molecule has 0 aromatic rings. The van der Waals surface area contributed by atoms with Crippen LogP contribution in [0.4, 0.5) is 0 Å². The zero-order chi connectivity index (χ0) is 12.2. The summed E-state index contributed by atoms with van der Waals surface area (Å²) in [6.45, 7) is 7.40. The van der Waals surface area contributed by atoms with Gasteiger partial charge >= 0.3 is 0 Å². The number of hydrogen-bond acceptors (Lipinski definition) is 4. The second-order valence-corrected chi connectivity index (χ2v) is 3.85. The van der Waals surface area contributed by atoms with Gasteiger partial charge in [0.05, 0.1) is 13.2 Å². The fourth-order valence-electron chi connectivity index (χ4n) is 1.32. The first-order valence-corrected chi connectivity index (χ1v) is 6.19. The predicted molar refractivity (Wildman–Crippen MR) is 63.1 cm³/mol. The van der Waals surface area contributed by atoms with Crippen molar-refractivity contribution in [2.24, 2.45) is 0 Å². The molecule has 0 bridgehead atoms. The summed E-state index contributed by atoms with van der Waals surface area (Å²) in [5.41, 5.74) is 0. The SMILES string of the molecule is CCCCCCOCCOC(C)OC(C)O. The van der Waals surface area contributed by atoms with Crippen molar-refractivity contribution in [1.82, 2.24) is 0 Å². The van der Waals surface area contributed by atoms with Crippen LogP contribution in [0.3, 0.4) is 0 Å². The maximum atomic E-state index is 8.91. The fourth-order valence-corrected chi connectivity index (χ4v) is 1.32. The van der Waals surface area contributed by atoms with E-state index in [4.69, 9.17) is 19.3 Å². The van der Waals surface area contributed by atoms with E-state index >= 15 is 0 Å². The highest BCUT2D eigenvalue weighted by atomic mass is 16.7. The van der Waals surface area contributed by atoms with Gasteiger partial charge < -0.3 is 19.3 Å². The van der Waals surface area contributed by atoms with Crippen LogP contribution >= 0.6 is 0 Å².